The molecular weight excluding hydrogens is 457 g/mol. The van der Waals surface area contributed by atoms with Crippen molar-refractivity contribution in [3.8, 4) is 11.5 Å². The van der Waals surface area contributed by atoms with Crippen molar-refractivity contribution in [2.24, 2.45) is 0 Å². The fraction of sp³-hybridized carbons (Fsp3) is 0.208. The lowest BCUT2D eigenvalue weighted by molar-refractivity contribution is -0.138. The van der Waals surface area contributed by atoms with E-state index in [2.05, 4.69) is 9.97 Å². The first-order valence-corrected chi connectivity index (χ1v) is 10.3. The van der Waals surface area contributed by atoms with Crippen molar-refractivity contribution in [3.05, 3.63) is 93.8 Å². The minimum absolute atomic E-state index is 0.0216. The van der Waals surface area contributed by atoms with Gasteiger partial charge < -0.3 is 9.30 Å². The summed E-state index contributed by atoms with van der Waals surface area (Å²) < 4.78 is 74.9. The molecule has 176 valence electrons. The van der Waals surface area contributed by atoms with Gasteiger partial charge in [0.25, 0.3) is 5.56 Å². The molecule has 10 heteroatoms. The van der Waals surface area contributed by atoms with Gasteiger partial charge in [-0.15, -0.1) is 0 Å². The van der Waals surface area contributed by atoms with E-state index in [-0.39, 0.29) is 23.2 Å². The Bertz CT molecular complexity index is 1420. The third kappa shape index (κ3) is 4.75. The molecule has 0 radical (unpaired) electrons. The van der Waals surface area contributed by atoms with E-state index in [9.17, 15) is 26.7 Å². The van der Waals surface area contributed by atoms with Gasteiger partial charge in [0.15, 0.2) is 5.75 Å². The van der Waals surface area contributed by atoms with E-state index >= 15 is 0 Å². The molecule has 0 saturated carbocycles. The molecule has 0 N–H and O–H groups in total. The summed E-state index contributed by atoms with van der Waals surface area (Å²) in [5.41, 5.74) is -0.516. The van der Waals surface area contributed by atoms with E-state index < -0.39 is 34.7 Å². The van der Waals surface area contributed by atoms with Crippen molar-refractivity contribution in [3.63, 3.8) is 0 Å². The second kappa shape index (κ2) is 9.20. The van der Waals surface area contributed by atoms with Crippen LogP contribution in [0, 0.1) is 11.6 Å². The number of alkyl halides is 3. The number of fused-ring (bicyclic) bond motifs is 1. The molecule has 5 nitrogen and oxygen atoms in total. The van der Waals surface area contributed by atoms with E-state index in [4.69, 9.17) is 4.74 Å². The van der Waals surface area contributed by atoms with Gasteiger partial charge in [-0.05, 0) is 42.3 Å². The highest BCUT2D eigenvalue weighted by molar-refractivity contribution is 5.79. The maximum atomic E-state index is 14.6. The van der Waals surface area contributed by atoms with Crippen LogP contribution in [0.25, 0.3) is 10.9 Å². The third-order valence-electron chi connectivity index (χ3n) is 5.24. The molecule has 2 aromatic carbocycles. The predicted molar refractivity (Wildman–Crippen MR) is 115 cm³/mol. The van der Waals surface area contributed by atoms with Gasteiger partial charge in [0, 0.05) is 17.8 Å². The van der Waals surface area contributed by atoms with Gasteiger partial charge in [0.05, 0.1) is 30.0 Å². The minimum Gasteiger partial charge on any atom is -0.455 e. The summed E-state index contributed by atoms with van der Waals surface area (Å²) in [5, 5.41) is 0.0667. The molecule has 4 rings (SSSR count). The lowest BCUT2D eigenvalue weighted by Crippen LogP contribution is -2.15. The standard InChI is InChI=1S/C24H18F5N3O2/c1-2-3-14-8-15(25)9-20(26)18(14)12-32-13-31-23(33)17-10-16(4-5-21(17)32)34-22-11-30-7-6-19(22)24(27,28)29/h4-11,13H,2-3,12H2,1H3. The molecule has 0 saturated heterocycles. The lowest BCUT2D eigenvalue weighted by Gasteiger charge is -2.16. The molecule has 0 aliphatic rings. The van der Waals surface area contributed by atoms with Crippen LogP contribution in [0.2, 0.25) is 0 Å². The molecule has 4 aromatic rings. The highest BCUT2D eigenvalue weighted by Crippen LogP contribution is 2.37. The summed E-state index contributed by atoms with van der Waals surface area (Å²) in [6.45, 7) is 1.86. The quantitative estimate of drug-likeness (QED) is 0.327. The summed E-state index contributed by atoms with van der Waals surface area (Å²) >= 11 is 0. The van der Waals surface area contributed by atoms with Crippen molar-refractivity contribution in [2.45, 2.75) is 32.5 Å². The van der Waals surface area contributed by atoms with Crippen LogP contribution in [0.1, 0.15) is 30.0 Å². The molecule has 0 fully saturated rings. The topological polar surface area (TPSA) is 57.0 Å². The van der Waals surface area contributed by atoms with E-state index in [0.717, 1.165) is 24.5 Å². The first-order valence-electron chi connectivity index (χ1n) is 10.3. The molecule has 0 spiro atoms. The van der Waals surface area contributed by atoms with Crippen molar-refractivity contribution < 1.29 is 26.7 Å². The van der Waals surface area contributed by atoms with Crippen molar-refractivity contribution in [1.29, 1.82) is 0 Å². The molecule has 0 atom stereocenters. The van der Waals surface area contributed by atoms with E-state index in [1.165, 1.54) is 35.2 Å². The van der Waals surface area contributed by atoms with Gasteiger partial charge in [0.1, 0.15) is 22.9 Å². The Labute approximate surface area is 190 Å². The Balaban J connectivity index is 1.74. The van der Waals surface area contributed by atoms with Gasteiger partial charge in [0.2, 0.25) is 0 Å². The molecule has 0 aliphatic carbocycles. The zero-order valence-corrected chi connectivity index (χ0v) is 17.9. The molecule has 2 heterocycles. The van der Waals surface area contributed by atoms with Crippen LogP contribution in [-0.2, 0) is 19.1 Å². The Morgan fingerprint density at radius 2 is 1.88 bits per heavy atom. The van der Waals surface area contributed by atoms with Crippen LogP contribution >= 0.6 is 0 Å². The van der Waals surface area contributed by atoms with Crippen LogP contribution in [0.3, 0.4) is 0 Å². The average Bonchev–Trinajstić information content (AvgIpc) is 2.77. The van der Waals surface area contributed by atoms with Crippen molar-refractivity contribution >= 4 is 10.9 Å². The summed E-state index contributed by atoms with van der Waals surface area (Å²) in [6.07, 6.45) is -0.346. The first-order chi connectivity index (χ1) is 16.2. The van der Waals surface area contributed by atoms with Crippen LogP contribution in [0.5, 0.6) is 11.5 Å². The van der Waals surface area contributed by atoms with Crippen molar-refractivity contribution in [1.82, 2.24) is 14.5 Å². The zero-order valence-electron chi connectivity index (χ0n) is 17.9. The molecule has 0 bridgehead atoms. The number of hydrogen-bond acceptors (Lipinski definition) is 4. The number of benzene rings is 2. The number of aryl methyl sites for hydroxylation is 1. The number of ether oxygens (including phenoxy) is 1. The summed E-state index contributed by atoms with van der Waals surface area (Å²) in [6, 6.07) is 6.99. The van der Waals surface area contributed by atoms with Gasteiger partial charge in [-0.2, -0.15) is 18.2 Å². The average molecular weight is 475 g/mol. The first kappa shape index (κ1) is 23.3. The molecule has 0 aliphatic heterocycles. The SMILES string of the molecule is CCCc1cc(F)cc(F)c1Cn1cnc(=O)c2cc(Oc3cnccc3C(F)(F)F)ccc21. The number of nitrogens with zero attached hydrogens (tertiary/aromatic N) is 3. The number of aromatic nitrogens is 3. The van der Waals surface area contributed by atoms with Crippen LogP contribution < -0.4 is 10.3 Å². The van der Waals surface area contributed by atoms with Crippen molar-refractivity contribution in [2.75, 3.05) is 0 Å². The molecule has 2 aromatic heterocycles. The monoisotopic (exact) mass is 475 g/mol. The van der Waals surface area contributed by atoms with Gasteiger partial charge >= 0.3 is 6.18 Å². The Kier molecular flexibility index (Phi) is 6.32. The number of pyridine rings is 1. The van der Waals surface area contributed by atoms with E-state index in [1.54, 1.807) is 0 Å². The zero-order chi connectivity index (χ0) is 24.5. The smallest absolute Gasteiger partial charge is 0.420 e. The predicted octanol–water partition coefficient (Wildman–Crippen LogP) is 5.88. The second-order valence-corrected chi connectivity index (χ2v) is 7.60. The minimum atomic E-state index is -4.65. The highest BCUT2D eigenvalue weighted by atomic mass is 19.4. The Hall–Kier alpha value is -3.82. The van der Waals surface area contributed by atoms with Gasteiger partial charge in [-0.3, -0.25) is 9.78 Å². The number of rotatable bonds is 6. The Morgan fingerprint density at radius 1 is 1.09 bits per heavy atom. The van der Waals surface area contributed by atoms with Crippen LogP contribution in [0.4, 0.5) is 22.0 Å². The molecule has 0 unspecified atom stereocenters. The Morgan fingerprint density at radius 3 is 2.62 bits per heavy atom. The maximum absolute atomic E-state index is 14.6. The highest BCUT2D eigenvalue weighted by Gasteiger charge is 2.34. The lowest BCUT2D eigenvalue weighted by atomic mass is 10.0. The van der Waals surface area contributed by atoms with Gasteiger partial charge in [-0.1, -0.05) is 13.3 Å². The van der Waals surface area contributed by atoms with Gasteiger partial charge in [-0.25, -0.2) is 8.78 Å². The molecule has 0 amide bonds. The third-order valence-corrected chi connectivity index (χ3v) is 5.24. The molecular formula is C24H18F5N3O2. The summed E-state index contributed by atoms with van der Waals surface area (Å²) in [4.78, 5) is 19.9. The fourth-order valence-corrected chi connectivity index (χ4v) is 3.70. The fourth-order valence-electron chi connectivity index (χ4n) is 3.70. The second-order valence-electron chi connectivity index (χ2n) is 7.60. The maximum Gasteiger partial charge on any atom is 0.420 e. The summed E-state index contributed by atoms with van der Waals surface area (Å²) in [5.74, 6) is -1.94. The number of hydrogen-bond donors (Lipinski definition) is 0. The number of halogens is 5. The summed E-state index contributed by atoms with van der Waals surface area (Å²) in [7, 11) is 0. The van der Waals surface area contributed by atoms with Crippen LogP contribution in [0.15, 0.2) is 59.9 Å². The van der Waals surface area contributed by atoms with E-state index in [1.807, 2.05) is 6.92 Å². The van der Waals surface area contributed by atoms with Crippen LogP contribution in [-0.4, -0.2) is 14.5 Å². The van der Waals surface area contributed by atoms with E-state index in [0.29, 0.717) is 23.9 Å². The molecule has 34 heavy (non-hydrogen) atoms. The normalized spacial score (nSPS) is 11.7. The largest absolute Gasteiger partial charge is 0.455 e.